The van der Waals surface area contributed by atoms with Crippen LogP contribution in [0.25, 0.3) is 0 Å². The fourth-order valence-electron chi connectivity index (χ4n) is 1.31. The van der Waals surface area contributed by atoms with Crippen LogP contribution in [0.3, 0.4) is 0 Å². The van der Waals surface area contributed by atoms with Crippen LogP contribution in [-0.2, 0) is 4.79 Å². The summed E-state index contributed by atoms with van der Waals surface area (Å²) in [6.07, 6.45) is 4.79. The van der Waals surface area contributed by atoms with E-state index in [9.17, 15) is 4.79 Å². The van der Waals surface area contributed by atoms with Crippen molar-refractivity contribution in [3.8, 4) is 0 Å². The van der Waals surface area contributed by atoms with Gasteiger partial charge < -0.3 is 15.5 Å². The van der Waals surface area contributed by atoms with Crippen molar-refractivity contribution in [1.82, 2.24) is 5.32 Å². The first kappa shape index (κ1) is 9.27. The molecule has 1 aromatic heterocycles. The first-order valence-corrected chi connectivity index (χ1v) is 4.74. The molecule has 1 aromatic rings. The van der Waals surface area contributed by atoms with Crippen LogP contribution in [0.2, 0.25) is 0 Å². The Morgan fingerprint density at radius 2 is 2.43 bits per heavy atom. The highest BCUT2D eigenvalue weighted by molar-refractivity contribution is 5.89. The van der Waals surface area contributed by atoms with Gasteiger partial charge in [0.05, 0.1) is 24.1 Å². The van der Waals surface area contributed by atoms with Gasteiger partial charge in [-0.05, 0) is 25.8 Å². The molecule has 1 aliphatic rings. The van der Waals surface area contributed by atoms with E-state index < -0.39 is 5.54 Å². The molecule has 4 heteroatoms. The molecule has 1 aliphatic carbocycles. The van der Waals surface area contributed by atoms with Crippen LogP contribution >= 0.6 is 0 Å². The molecular formula is C10H14N2O2. The van der Waals surface area contributed by atoms with Gasteiger partial charge in [-0.25, -0.2) is 0 Å². The van der Waals surface area contributed by atoms with E-state index in [1.54, 1.807) is 12.5 Å². The molecule has 0 spiro atoms. The average molecular weight is 194 g/mol. The number of furan rings is 1. The summed E-state index contributed by atoms with van der Waals surface area (Å²) in [6.45, 7) is 1.91. The lowest BCUT2D eigenvalue weighted by atomic mass is 10.1. The Labute approximate surface area is 82.5 Å². The molecule has 1 amide bonds. The zero-order valence-corrected chi connectivity index (χ0v) is 8.12. The lowest BCUT2D eigenvalue weighted by molar-refractivity contribution is -0.123. The number of amides is 1. The molecule has 3 N–H and O–H groups in total. The number of carbonyl (C=O) groups is 1. The predicted molar refractivity (Wildman–Crippen MR) is 51.4 cm³/mol. The van der Waals surface area contributed by atoms with Gasteiger partial charge in [0.1, 0.15) is 0 Å². The summed E-state index contributed by atoms with van der Waals surface area (Å²) in [4.78, 5) is 11.6. The van der Waals surface area contributed by atoms with Crippen molar-refractivity contribution in [1.29, 1.82) is 0 Å². The molecule has 14 heavy (non-hydrogen) atoms. The van der Waals surface area contributed by atoms with Gasteiger partial charge in [-0.2, -0.15) is 0 Å². The van der Waals surface area contributed by atoms with Crippen molar-refractivity contribution in [2.45, 2.75) is 31.3 Å². The zero-order valence-electron chi connectivity index (χ0n) is 8.12. The van der Waals surface area contributed by atoms with E-state index in [2.05, 4.69) is 5.32 Å². The van der Waals surface area contributed by atoms with Crippen LogP contribution in [0.15, 0.2) is 23.0 Å². The Morgan fingerprint density at radius 3 is 2.93 bits per heavy atom. The summed E-state index contributed by atoms with van der Waals surface area (Å²) >= 11 is 0. The summed E-state index contributed by atoms with van der Waals surface area (Å²) in [5.74, 6) is -0.0637. The number of hydrogen-bond acceptors (Lipinski definition) is 3. The largest absolute Gasteiger partial charge is 0.472 e. The van der Waals surface area contributed by atoms with Gasteiger partial charge in [0.25, 0.3) is 0 Å². The molecule has 0 radical (unpaired) electrons. The summed E-state index contributed by atoms with van der Waals surface area (Å²) in [6, 6.07) is 1.79. The van der Waals surface area contributed by atoms with Gasteiger partial charge in [-0.3, -0.25) is 4.79 Å². The number of nitrogens with one attached hydrogen (secondary N) is 1. The Morgan fingerprint density at radius 1 is 1.71 bits per heavy atom. The third-order valence-corrected chi connectivity index (χ3v) is 2.63. The maximum absolute atomic E-state index is 11.6. The fourth-order valence-corrected chi connectivity index (χ4v) is 1.31. The molecule has 1 heterocycles. The highest BCUT2D eigenvalue weighted by atomic mass is 16.3. The first-order chi connectivity index (χ1) is 6.62. The minimum atomic E-state index is -0.599. The zero-order chi connectivity index (χ0) is 10.2. The maximum atomic E-state index is 11.6. The van der Waals surface area contributed by atoms with E-state index in [1.807, 2.05) is 13.0 Å². The molecule has 1 unspecified atom stereocenters. The quantitative estimate of drug-likeness (QED) is 0.752. The monoisotopic (exact) mass is 194 g/mol. The van der Waals surface area contributed by atoms with E-state index >= 15 is 0 Å². The first-order valence-electron chi connectivity index (χ1n) is 4.74. The Kier molecular flexibility index (Phi) is 2.07. The van der Waals surface area contributed by atoms with E-state index in [4.69, 9.17) is 10.2 Å². The maximum Gasteiger partial charge on any atom is 0.240 e. The number of nitrogens with two attached hydrogens (primary N) is 1. The van der Waals surface area contributed by atoms with Gasteiger partial charge in [0.15, 0.2) is 0 Å². The summed E-state index contributed by atoms with van der Waals surface area (Å²) < 4.78 is 4.94. The molecule has 76 valence electrons. The molecule has 0 aliphatic heterocycles. The molecule has 0 saturated heterocycles. The summed E-state index contributed by atoms with van der Waals surface area (Å²) in [5.41, 5.74) is 6.12. The second kappa shape index (κ2) is 3.13. The highest BCUT2D eigenvalue weighted by Crippen LogP contribution is 2.32. The van der Waals surface area contributed by atoms with Crippen molar-refractivity contribution < 1.29 is 9.21 Å². The fraction of sp³-hybridized carbons (Fsp3) is 0.500. The van der Waals surface area contributed by atoms with E-state index in [-0.39, 0.29) is 11.9 Å². The molecule has 1 saturated carbocycles. The lowest BCUT2D eigenvalue weighted by Gasteiger charge is -2.15. The Balaban J connectivity index is 1.95. The number of carbonyl (C=O) groups excluding carboxylic acids is 1. The molecule has 2 rings (SSSR count). The van der Waals surface area contributed by atoms with Crippen LogP contribution in [0, 0.1) is 0 Å². The normalized spacial score (nSPS) is 20.1. The van der Waals surface area contributed by atoms with Gasteiger partial charge in [0, 0.05) is 5.56 Å². The second-order valence-electron chi connectivity index (χ2n) is 3.91. The number of hydrogen-bond donors (Lipinski definition) is 2. The second-order valence-corrected chi connectivity index (χ2v) is 3.91. The number of rotatable bonds is 3. The molecule has 4 nitrogen and oxygen atoms in total. The average Bonchev–Trinajstić information content (AvgIpc) is 2.71. The minimum absolute atomic E-state index is 0.0396. The SMILES string of the molecule is CC(NC(=O)C1(N)CC1)c1ccoc1. The topological polar surface area (TPSA) is 68.3 Å². The Hall–Kier alpha value is -1.29. The van der Waals surface area contributed by atoms with E-state index in [0.717, 1.165) is 18.4 Å². The Bertz CT molecular complexity index is 328. The van der Waals surface area contributed by atoms with Crippen molar-refractivity contribution in [3.05, 3.63) is 24.2 Å². The van der Waals surface area contributed by atoms with Crippen molar-refractivity contribution in [2.75, 3.05) is 0 Å². The third kappa shape index (κ3) is 1.65. The summed E-state index contributed by atoms with van der Waals surface area (Å²) in [5, 5.41) is 2.86. The third-order valence-electron chi connectivity index (χ3n) is 2.63. The van der Waals surface area contributed by atoms with Crippen LogP contribution < -0.4 is 11.1 Å². The minimum Gasteiger partial charge on any atom is -0.472 e. The van der Waals surface area contributed by atoms with Gasteiger partial charge >= 0.3 is 0 Å². The highest BCUT2D eigenvalue weighted by Gasteiger charge is 2.46. The standard InChI is InChI=1S/C10H14N2O2/c1-7(8-2-5-14-6-8)12-9(13)10(11)3-4-10/h2,5-7H,3-4,11H2,1H3,(H,12,13). The molecule has 0 bridgehead atoms. The van der Waals surface area contributed by atoms with Gasteiger partial charge in [-0.15, -0.1) is 0 Å². The predicted octanol–water partition coefficient (Wildman–Crippen LogP) is 0.948. The van der Waals surface area contributed by atoms with Gasteiger partial charge in [0.2, 0.25) is 5.91 Å². The summed E-state index contributed by atoms with van der Waals surface area (Å²) in [7, 11) is 0. The van der Waals surface area contributed by atoms with Gasteiger partial charge in [-0.1, -0.05) is 0 Å². The van der Waals surface area contributed by atoms with Crippen LogP contribution in [0.1, 0.15) is 31.4 Å². The van der Waals surface area contributed by atoms with Crippen molar-refractivity contribution >= 4 is 5.91 Å². The van der Waals surface area contributed by atoms with Crippen LogP contribution in [0.4, 0.5) is 0 Å². The van der Waals surface area contributed by atoms with Crippen LogP contribution in [-0.4, -0.2) is 11.4 Å². The molecule has 1 atom stereocenters. The smallest absolute Gasteiger partial charge is 0.240 e. The van der Waals surface area contributed by atoms with Crippen molar-refractivity contribution in [2.24, 2.45) is 5.73 Å². The van der Waals surface area contributed by atoms with E-state index in [0.29, 0.717) is 0 Å². The lowest BCUT2D eigenvalue weighted by Crippen LogP contribution is -2.43. The van der Waals surface area contributed by atoms with E-state index in [1.165, 1.54) is 0 Å². The van der Waals surface area contributed by atoms with Crippen LogP contribution in [0.5, 0.6) is 0 Å². The molecule has 1 fully saturated rings. The molecule has 0 aromatic carbocycles. The molecular weight excluding hydrogens is 180 g/mol. The van der Waals surface area contributed by atoms with Crippen molar-refractivity contribution in [3.63, 3.8) is 0 Å².